The van der Waals surface area contributed by atoms with Crippen molar-refractivity contribution in [3.8, 4) is 11.5 Å². The first-order valence-electron chi connectivity index (χ1n) is 8.37. The van der Waals surface area contributed by atoms with E-state index in [1.807, 2.05) is 25.1 Å². The molecule has 0 fully saturated rings. The summed E-state index contributed by atoms with van der Waals surface area (Å²) in [6, 6.07) is 5.73. The molecule has 0 atom stereocenters. The van der Waals surface area contributed by atoms with Crippen molar-refractivity contribution in [1.29, 1.82) is 0 Å². The molecule has 0 saturated heterocycles. The van der Waals surface area contributed by atoms with Gasteiger partial charge >= 0.3 is 0 Å². The van der Waals surface area contributed by atoms with Crippen molar-refractivity contribution in [3.05, 3.63) is 46.9 Å². The molecule has 2 heterocycles. The van der Waals surface area contributed by atoms with E-state index < -0.39 is 0 Å². The molecular weight excluding hydrogens is 342 g/mol. The number of nitrogens with one attached hydrogen (secondary N) is 2. The van der Waals surface area contributed by atoms with Gasteiger partial charge in [-0.15, -0.1) is 0 Å². The van der Waals surface area contributed by atoms with Gasteiger partial charge in [0.1, 0.15) is 0 Å². The number of hydrogen-bond acceptors (Lipinski definition) is 4. The van der Waals surface area contributed by atoms with E-state index in [9.17, 15) is 0 Å². The van der Waals surface area contributed by atoms with E-state index in [1.54, 1.807) is 12.5 Å². The van der Waals surface area contributed by atoms with E-state index in [2.05, 4.69) is 15.6 Å². The van der Waals surface area contributed by atoms with Crippen molar-refractivity contribution in [2.75, 3.05) is 19.8 Å². The maximum Gasteiger partial charge on any atom is 0.191 e. The van der Waals surface area contributed by atoms with E-state index in [4.69, 9.17) is 25.5 Å². The van der Waals surface area contributed by atoms with Crippen LogP contribution in [0.1, 0.15) is 24.5 Å². The van der Waals surface area contributed by atoms with E-state index in [0.29, 0.717) is 42.8 Å². The molecule has 6 nitrogen and oxygen atoms in total. The molecule has 2 N–H and O–H groups in total. The van der Waals surface area contributed by atoms with Crippen LogP contribution in [0.3, 0.4) is 0 Å². The molecule has 0 aliphatic carbocycles. The molecule has 0 saturated carbocycles. The summed E-state index contributed by atoms with van der Waals surface area (Å²) in [6.45, 7) is 5.18. The molecule has 25 heavy (non-hydrogen) atoms. The lowest BCUT2D eigenvalue weighted by Gasteiger charge is -2.12. The van der Waals surface area contributed by atoms with Crippen LogP contribution in [0, 0.1) is 0 Å². The first kappa shape index (κ1) is 17.5. The molecule has 0 spiro atoms. The van der Waals surface area contributed by atoms with Crippen LogP contribution in [-0.2, 0) is 13.1 Å². The number of guanidine groups is 1. The fraction of sp³-hybridized carbons (Fsp3) is 0.389. The van der Waals surface area contributed by atoms with E-state index in [-0.39, 0.29) is 0 Å². The van der Waals surface area contributed by atoms with Crippen LogP contribution in [0.5, 0.6) is 11.5 Å². The van der Waals surface area contributed by atoms with Gasteiger partial charge in [0.05, 0.1) is 37.3 Å². The predicted octanol–water partition coefficient (Wildman–Crippen LogP) is 3.35. The third-order valence-electron chi connectivity index (χ3n) is 3.67. The van der Waals surface area contributed by atoms with Crippen LogP contribution in [0.15, 0.2) is 40.1 Å². The summed E-state index contributed by atoms with van der Waals surface area (Å²) in [5.41, 5.74) is 2.03. The number of ether oxygens (including phenoxy) is 2. The highest BCUT2D eigenvalue weighted by atomic mass is 35.5. The van der Waals surface area contributed by atoms with Crippen molar-refractivity contribution < 1.29 is 13.9 Å². The second-order valence-corrected chi connectivity index (χ2v) is 6.04. The number of aliphatic imine (C=N–C) groups is 1. The summed E-state index contributed by atoms with van der Waals surface area (Å²) in [6.07, 6.45) is 4.21. The zero-order valence-corrected chi connectivity index (χ0v) is 14.9. The Morgan fingerprint density at radius 2 is 2.08 bits per heavy atom. The largest absolute Gasteiger partial charge is 0.489 e. The standard InChI is InChI=1S/C18H22ClN3O3/c1-2-20-18(21-10-13-4-7-23-12-13)22-11-14-8-15(19)17-16(9-14)24-5-3-6-25-17/h4,7-9,12H,2-3,5-6,10-11H2,1H3,(H2,20,21,22). The molecule has 0 amide bonds. The van der Waals surface area contributed by atoms with Crippen LogP contribution in [0.2, 0.25) is 5.02 Å². The molecular formula is C18H22ClN3O3. The minimum atomic E-state index is 0.483. The summed E-state index contributed by atoms with van der Waals surface area (Å²) in [7, 11) is 0. The topological polar surface area (TPSA) is 68.0 Å². The number of benzene rings is 1. The fourth-order valence-electron chi connectivity index (χ4n) is 2.47. The van der Waals surface area contributed by atoms with Crippen LogP contribution in [-0.4, -0.2) is 25.7 Å². The van der Waals surface area contributed by atoms with Gasteiger partial charge < -0.3 is 24.5 Å². The minimum Gasteiger partial charge on any atom is -0.489 e. The zero-order chi connectivity index (χ0) is 17.5. The lowest BCUT2D eigenvalue weighted by Crippen LogP contribution is -2.36. The first-order chi connectivity index (χ1) is 12.3. The van der Waals surface area contributed by atoms with Gasteiger partial charge in [-0.1, -0.05) is 11.6 Å². The van der Waals surface area contributed by atoms with Crippen molar-refractivity contribution >= 4 is 17.6 Å². The summed E-state index contributed by atoms with van der Waals surface area (Å²) in [5, 5.41) is 7.05. The van der Waals surface area contributed by atoms with Gasteiger partial charge in [0.15, 0.2) is 17.5 Å². The molecule has 134 valence electrons. The van der Waals surface area contributed by atoms with Crippen molar-refractivity contribution in [2.45, 2.75) is 26.4 Å². The first-order valence-corrected chi connectivity index (χ1v) is 8.75. The lowest BCUT2D eigenvalue weighted by molar-refractivity contribution is 0.297. The van der Waals surface area contributed by atoms with Gasteiger partial charge in [-0.3, -0.25) is 0 Å². The Kier molecular flexibility index (Phi) is 6.06. The second kappa shape index (κ2) is 8.67. The van der Waals surface area contributed by atoms with Crippen molar-refractivity contribution in [3.63, 3.8) is 0 Å². The quantitative estimate of drug-likeness (QED) is 0.630. The molecule has 2 aromatic rings. The number of rotatable bonds is 5. The highest BCUT2D eigenvalue weighted by Crippen LogP contribution is 2.38. The maximum absolute atomic E-state index is 6.33. The molecule has 1 aromatic heterocycles. The number of furan rings is 1. The van der Waals surface area contributed by atoms with Crippen LogP contribution >= 0.6 is 11.6 Å². The number of halogens is 1. The summed E-state index contributed by atoms with van der Waals surface area (Å²) in [5.74, 6) is 2.04. The van der Waals surface area contributed by atoms with Crippen molar-refractivity contribution in [1.82, 2.24) is 10.6 Å². The Hall–Kier alpha value is -2.34. The molecule has 1 aliphatic heterocycles. The molecule has 0 radical (unpaired) electrons. The number of fused-ring (bicyclic) bond motifs is 1. The van der Waals surface area contributed by atoms with Crippen LogP contribution < -0.4 is 20.1 Å². The Labute approximate surface area is 152 Å². The zero-order valence-electron chi connectivity index (χ0n) is 14.2. The number of nitrogens with zero attached hydrogens (tertiary/aromatic N) is 1. The van der Waals surface area contributed by atoms with Gasteiger partial charge in [-0.2, -0.15) is 0 Å². The molecule has 3 rings (SSSR count). The van der Waals surface area contributed by atoms with Crippen LogP contribution in [0.4, 0.5) is 0 Å². The Morgan fingerprint density at radius 1 is 1.20 bits per heavy atom. The summed E-state index contributed by atoms with van der Waals surface area (Å²) >= 11 is 6.33. The van der Waals surface area contributed by atoms with Crippen LogP contribution in [0.25, 0.3) is 0 Å². The van der Waals surface area contributed by atoms with Gasteiger partial charge in [0.25, 0.3) is 0 Å². The normalized spacial score (nSPS) is 14.1. The SMILES string of the molecule is CCNC(=NCc1cc(Cl)c2c(c1)OCCCO2)NCc1ccoc1. The fourth-order valence-corrected chi connectivity index (χ4v) is 2.75. The molecule has 0 bridgehead atoms. The highest BCUT2D eigenvalue weighted by Gasteiger charge is 2.15. The average molecular weight is 364 g/mol. The maximum atomic E-state index is 6.33. The summed E-state index contributed by atoms with van der Waals surface area (Å²) in [4.78, 5) is 4.61. The molecule has 1 aliphatic rings. The van der Waals surface area contributed by atoms with Gasteiger partial charge in [0.2, 0.25) is 0 Å². The minimum absolute atomic E-state index is 0.483. The molecule has 0 unspecified atom stereocenters. The Morgan fingerprint density at radius 3 is 2.88 bits per heavy atom. The monoisotopic (exact) mass is 363 g/mol. The average Bonchev–Trinajstić information content (AvgIpc) is 3.01. The van der Waals surface area contributed by atoms with E-state index in [1.165, 1.54) is 0 Å². The van der Waals surface area contributed by atoms with E-state index in [0.717, 1.165) is 30.1 Å². The highest BCUT2D eigenvalue weighted by molar-refractivity contribution is 6.32. The smallest absolute Gasteiger partial charge is 0.191 e. The second-order valence-electron chi connectivity index (χ2n) is 5.64. The third-order valence-corrected chi connectivity index (χ3v) is 3.95. The Bertz CT molecular complexity index is 717. The third kappa shape index (κ3) is 4.82. The number of hydrogen-bond donors (Lipinski definition) is 2. The van der Waals surface area contributed by atoms with Gasteiger partial charge in [0, 0.05) is 25.1 Å². The summed E-state index contributed by atoms with van der Waals surface area (Å²) < 4.78 is 16.4. The van der Waals surface area contributed by atoms with Gasteiger partial charge in [-0.25, -0.2) is 4.99 Å². The van der Waals surface area contributed by atoms with Gasteiger partial charge in [-0.05, 0) is 30.7 Å². The van der Waals surface area contributed by atoms with E-state index >= 15 is 0 Å². The Balaban J connectivity index is 1.69. The predicted molar refractivity (Wildman–Crippen MR) is 97.4 cm³/mol. The van der Waals surface area contributed by atoms with Crippen molar-refractivity contribution in [2.24, 2.45) is 4.99 Å². The molecule has 1 aromatic carbocycles. The molecule has 7 heteroatoms. The lowest BCUT2D eigenvalue weighted by atomic mass is 10.2.